The van der Waals surface area contributed by atoms with E-state index in [1.54, 1.807) is 12.1 Å². The lowest BCUT2D eigenvalue weighted by Crippen LogP contribution is -2.65. The fourth-order valence-electron chi connectivity index (χ4n) is 12.8. The van der Waals surface area contributed by atoms with Gasteiger partial charge in [-0.1, -0.05) is 46.2 Å². The van der Waals surface area contributed by atoms with Crippen molar-refractivity contribution >= 4 is 12.0 Å². The Morgan fingerprint density at radius 3 is 2.27 bits per heavy atom. The Bertz CT molecular complexity index is 1230. The Morgan fingerprint density at radius 2 is 1.57 bits per heavy atom. The quantitative estimate of drug-likeness (QED) is 0.276. The molecule has 5 fully saturated rings. The molecule has 5 saturated carbocycles. The summed E-state index contributed by atoms with van der Waals surface area (Å²) in [5.74, 6) is 3.18. The first-order chi connectivity index (χ1) is 20.8. The molecule has 5 aliphatic rings. The second-order valence-electron chi connectivity index (χ2n) is 17.1. The van der Waals surface area contributed by atoms with Gasteiger partial charge in [-0.05, 0) is 161 Å². The van der Waals surface area contributed by atoms with E-state index in [1.165, 1.54) is 63.4 Å². The first-order valence-electron chi connectivity index (χ1n) is 17.9. The van der Waals surface area contributed by atoms with E-state index in [0.717, 1.165) is 50.1 Å². The van der Waals surface area contributed by atoms with Gasteiger partial charge in [-0.25, -0.2) is 9.59 Å². The molecule has 0 bridgehead atoms. The highest BCUT2D eigenvalue weighted by Crippen LogP contribution is 2.73. The van der Waals surface area contributed by atoms with Gasteiger partial charge in [-0.2, -0.15) is 0 Å². The van der Waals surface area contributed by atoms with Crippen molar-refractivity contribution in [3.05, 3.63) is 35.4 Å². The van der Waals surface area contributed by atoms with Crippen LogP contribution in [0, 0.1) is 45.8 Å². The molecule has 6 heteroatoms. The molecule has 0 saturated heterocycles. The molecule has 0 aromatic heterocycles. The van der Waals surface area contributed by atoms with Crippen molar-refractivity contribution in [3.8, 4) is 0 Å². The van der Waals surface area contributed by atoms with Crippen LogP contribution >= 0.6 is 0 Å². The van der Waals surface area contributed by atoms with Crippen molar-refractivity contribution in [2.45, 2.75) is 116 Å². The molecule has 3 unspecified atom stereocenters. The number of hydrogen-bond donors (Lipinski definition) is 3. The van der Waals surface area contributed by atoms with E-state index in [2.05, 4.69) is 69.5 Å². The van der Waals surface area contributed by atoms with Gasteiger partial charge in [0.05, 0.1) is 5.56 Å². The molecule has 9 atom stereocenters. The van der Waals surface area contributed by atoms with Gasteiger partial charge in [0.2, 0.25) is 0 Å². The molecule has 0 heterocycles. The number of hydrogen-bond acceptors (Lipinski definition) is 3. The van der Waals surface area contributed by atoms with Crippen LogP contribution in [-0.2, 0) is 0 Å². The molecule has 244 valence electrons. The van der Waals surface area contributed by atoms with Gasteiger partial charge in [0.15, 0.2) is 0 Å². The predicted octanol–water partition coefficient (Wildman–Crippen LogP) is 7.94. The fraction of sp³-hybridized carbons (Fsp3) is 0.789. The van der Waals surface area contributed by atoms with Gasteiger partial charge < -0.3 is 20.6 Å². The van der Waals surface area contributed by atoms with E-state index in [4.69, 9.17) is 0 Å². The highest BCUT2D eigenvalue weighted by Gasteiger charge is 2.66. The van der Waals surface area contributed by atoms with Crippen LogP contribution in [0.25, 0.3) is 0 Å². The summed E-state index contributed by atoms with van der Waals surface area (Å²) >= 11 is 0. The Hall–Kier alpha value is -2.08. The molecule has 1 aromatic rings. The third-order valence-electron chi connectivity index (χ3n) is 14.5. The van der Waals surface area contributed by atoms with Gasteiger partial charge in [0.1, 0.15) is 0 Å². The van der Waals surface area contributed by atoms with Crippen molar-refractivity contribution in [1.29, 1.82) is 0 Å². The van der Waals surface area contributed by atoms with E-state index < -0.39 is 5.97 Å². The maximum absolute atomic E-state index is 13.1. The van der Waals surface area contributed by atoms with Crippen LogP contribution in [0.5, 0.6) is 0 Å². The van der Waals surface area contributed by atoms with Crippen LogP contribution in [0.4, 0.5) is 4.79 Å². The third kappa shape index (κ3) is 5.19. The third-order valence-corrected chi connectivity index (χ3v) is 14.5. The largest absolute Gasteiger partial charge is 0.478 e. The monoisotopic (exact) mass is 605 g/mol. The van der Waals surface area contributed by atoms with Crippen LogP contribution in [0.2, 0.25) is 0 Å². The molecule has 0 aliphatic heterocycles. The molecule has 1 aromatic carbocycles. The Labute approximate surface area is 266 Å². The maximum atomic E-state index is 13.1. The number of fused-ring (bicyclic) bond motifs is 7. The van der Waals surface area contributed by atoms with E-state index in [-0.39, 0.29) is 17.0 Å². The Balaban J connectivity index is 1.17. The predicted molar refractivity (Wildman–Crippen MR) is 177 cm³/mol. The summed E-state index contributed by atoms with van der Waals surface area (Å²) in [5.41, 5.74) is 2.59. The number of rotatable bonds is 7. The minimum atomic E-state index is -0.846. The molecule has 6 nitrogen and oxygen atoms in total. The number of carbonyl (C=O) groups excluding carboxylic acids is 1. The molecule has 3 N–H and O–H groups in total. The molecule has 2 amide bonds. The number of carbonyl (C=O) groups is 2. The fourth-order valence-corrected chi connectivity index (χ4v) is 12.8. The van der Waals surface area contributed by atoms with E-state index in [1.807, 2.05) is 0 Å². The topological polar surface area (TPSA) is 81.7 Å². The lowest BCUT2D eigenvalue weighted by atomic mass is 9.35. The van der Waals surface area contributed by atoms with Gasteiger partial charge in [0, 0.05) is 12.1 Å². The zero-order chi connectivity index (χ0) is 31.5. The van der Waals surface area contributed by atoms with E-state index in [0.29, 0.717) is 34.1 Å². The lowest BCUT2D eigenvalue weighted by molar-refractivity contribution is -0.194. The highest BCUT2D eigenvalue weighted by molar-refractivity contribution is 5.87. The first kappa shape index (κ1) is 31.9. The normalized spacial score (nSPS) is 40.7. The number of carboxylic acid groups (broad SMARTS) is 1. The molecule has 6 rings (SSSR count). The van der Waals surface area contributed by atoms with E-state index in [9.17, 15) is 14.7 Å². The standard InChI is InChI=1S/C38H59N3O3/c1-35(2)28(25-10-12-26(13-11-25)33(42)43)16-20-37(4)31(35)18-21-36(3)29-17-22-38(40-34(44)39-23-8-24-41(5)6)19-7-9-30(38)27(29)14-15-32(36)37/h10-13,27-32H,7-9,14-24H2,1-6H3,(H,42,43)(H2,39,40,44)/t27-,28-,29?,30+,31?,32?,36-,37-,38-/m0/s1. The summed E-state index contributed by atoms with van der Waals surface area (Å²) in [6.45, 7) is 12.1. The van der Waals surface area contributed by atoms with Gasteiger partial charge >= 0.3 is 12.0 Å². The smallest absolute Gasteiger partial charge is 0.335 e. The summed E-state index contributed by atoms with van der Waals surface area (Å²) in [7, 11) is 4.16. The van der Waals surface area contributed by atoms with Crippen molar-refractivity contribution < 1.29 is 14.7 Å². The average Bonchev–Trinajstić information content (AvgIpc) is 3.39. The van der Waals surface area contributed by atoms with Crippen molar-refractivity contribution in [2.24, 2.45) is 45.8 Å². The molecule has 0 spiro atoms. The number of amides is 2. The van der Waals surface area contributed by atoms with Gasteiger partial charge in [-0.15, -0.1) is 0 Å². The number of aromatic carboxylic acids is 1. The Kier molecular flexibility index (Phi) is 8.42. The number of benzene rings is 1. The number of nitrogens with zero attached hydrogens (tertiary/aromatic N) is 1. The van der Waals surface area contributed by atoms with Gasteiger partial charge in [-0.3, -0.25) is 0 Å². The van der Waals surface area contributed by atoms with Gasteiger partial charge in [0.25, 0.3) is 0 Å². The van der Waals surface area contributed by atoms with Crippen LogP contribution in [0.3, 0.4) is 0 Å². The lowest BCUT2D eigenvalue weighted by Gasteiger charge is -2.69. The maximum Gasteiger partial charge on any atom is 0.335 e. The minimum absolute atomic E-state index is 0.00661. The molecular formula is C38H59N3O3. The summed E-state index contributed by atoms with van der Waals surface area (Å²) in [6.07, 6.45) is 14.8. The number of urea groups is 1. The molecule has 0 radical (unpaired) electrons. The first-order valence-corrected chi connectivity index (χ1v) is 17.9. The summed E-state index contributed by atoms with van der Waals surface area (Å²) in [5, 5.41) is 16.2. The highest BCUT2D eigenvalue weighted by atomic mass is 16.4. The average molecular weight is 606 g/mol. The molecule has 44 heavy (non-hydrogen) atoms. The van der Waals surface area contributed by atoms with E-state index >= 15 is 0 Å². The zero-order valence-corrected chi connectivity index (χ0v) is 28.4. The SMILES string of the molecule is CN(C)CCCNC(=O)N[C@]12CCC[C@@H]1[C@H]1CCC3[C@@](C)(CCC4C(C)(C)[C@H](c5ccc(C(=O)O)cc5)CC[C@@]43C)C1CC2. The zero-order valence-electron chi connectivity index (χ0n) is 28.4. The second-order valence-corrected chi connectivity index (χ2v) is 17.1. The summed E-state index contributed by atoms with van der Waals surface area (Å²) in [4.78, 5) is 26.8. The summed E-state index contributed by atoms with van der Waals surface area (Å²) < 4.78 is 0. The minimum Gasteiger partial charge on any atom is -0.478 e. The van der Waals surface area contributed by atoms with Crippen LogP contribution in [-0.4, -0.2) is 54.7 Å². The van der Waals surface area contributed by atoms with Crippen molar-refractivity contribution in [2.75, 3.05) is 27.2 Å². The summed E-state index contributed by atoms with van der Waals surface area (Å²) in [6, 6.07) is 7.83. The van der Waals surface area contributed by atoms with Crippen molar-refractivity contribution in [3.63, 3.8) is 0 Å². The Morgan fingerprint density at radius 1 is 0.841 bits per heavy atom. The second kappa shape index (κ2) is 11.6. The molecular weight excluding hydrogens is 546 g/mol. The van der Waals surface area contributed by atoms with Crippen LogP contribution in [0.1, 0.15) is 127 Å². The number of carboxylic acids is 1. The number of nitrogens with one attached hydrogen (secondary N) is 2. The van der Waals surface area contributed by atoms with Crippen LogP contribution in [0.15, 0.2) is 24.3 Å². The van der Waals surface area contributed by atoms with Crippen LogP contribution < -0.4 is 10.6 Å². The van der Waals surface area contributed by atoms with Crippen molar-refractivity contribution in [1.82, 2.24) is 15.5 Å². The molecule has 5 aliphatic carbocycles.